The van der Waals surface area contributed by atoms with Gasteiger partial charge in [-0.3, -0.25) is 0 Å². The molecule has 0 aromatic carbocycles. The molecule has 0 bridgehead atoms. The first kappa shape index (κ1) is 9.44. The topological polar surface area (TPSA) is 35.5 Å². The number of nitrogens with one attached hydrogen (secondary N) is 1. The Kier molecular flexibility index (Phi) is 2.58. The zero-order valence-electron chi connectivity index (χ0n) is 8.42. The van der Waals surface area contributed by atoms with Crippen LogP contribution in [0.5, 0.6) is 0 Å². The summed E-state index contributed by atoms with van der Waals surface area (Å²) >= 11 is 0. The second kappa shape index (κ2) is 3.56. The molecule has 2 aliphatic heterocycles. The first-order valence-corrected chi connectivity index (χ1v) is 5.31. The first-order valence-electron chi connectivity index (χ1n) is 5.31. The van der Waals surface area contributed by atoms with E-state index in [4.69, 9.17) is 5.11 Å². The molecule has 2 rings (SSSR count). The first-order chi connectivity index (χ1) is 6.24. The molecule has 3 nitrogen and oxygen atoms in total. The molecule has 0 aromatic rings. The van der Waals surface area contributed by atoms with Gasteiger partial charge < -0.3 is 15.3 Å². The van der Waals surface area contributed by atoms with Crippen molar-refractivity contribution in [1.82, 2.24) is 10.2 Å². The lowest BCUT2D eigenvalue weighted by molar-refractivity contribution is 0.160. The number of aliphatic hydroxyl groups is 1. The number of piperidine rings is 1. The summed E-state index contributed by atoms with van der Waals surface area (Å²) in [6.45, 7) is 2.70. The van der Waals surface area contributed by atoms with Gasteiger partial charge in [-0.05, 0) is 45.8 Å². The largest absolute Gasteiger partial charge is 0.395 e. The highest BCUT2D eigenvalue weighted by Crippen LogP contribution is 2.32. The summed E-state index contributed by atoms with van der Waals surface area (Å²) in [4.78, 5) is 2.39. The monoisotopic (exact) mass is 184 g/mol. The maximum absolute atomic E-state index is 9.06. The van der Waals surface area contributed by atoms with Crippen LogP contribution in [-0.4, -0.2) is 48.3 Å². The van der Waals surface area contributed by atoms with Gasteiger partial charge >= 0.3 is 0 Å². The van der Waals surface area contributed by atoms with Crippen molar-refractivity contribution in [3.63, 3.8) is 0 Å². The minimum absolute atomic E-state index is 0.303. The van der Waals surface area contributed by atoms with Crippen LogP contribution >= 0.6 is 0 Å². The van der Waals surface area contributed by atoms with Crippen LogP contribution < -0.4 is 5.32 Å². The van der Waals surface area contributed by atoms with Gasteiger partial charge in [-0.2, -0.15) is 0 Å². The molecule has 1 spiro atoms. The van der Waals surface area contributed by atoms with Crippen molar-refractivity contribution in [2.75, 3.05) is 26.7 Å². The minimum Gasteiger partial charge on any atom is -0.395 e. The number of hydrogen-bond acceptors (Lipinski definition) is 3. The van der Waals surface area contributed by atoms with Crippen molar-refractivity contribution in [3.05, 3.63) is 0 Å². The normalized spacial score (nSPS) is 34.2. The lowest BCUT2D eigenvalue weighted by atomic mass is 9.86. The van der Waals surface area contributed by atoms with Gasteiger partial charge in [-0.25, -0.2) is 0 Å². The van der Waals surface area contributed by atoms with Crippen LogP contribution in [0, 0.1) is 0 Å². The van der Waals surface area contributed by atoms with Gasteiger partial charge in [-0.1, -0.05) is 0 Å². The molecule has 3 heteroatoms. The Bertz CT molecular complexity index is 176. The minimum atomic E-state index is 0.303. The standard InChI is InChI=1S/C10H20N2O/c1-12-6-4-10(5-7-12)3-2-9(8-13)11-10/h9,11,13H,2-8H2,1H3. The Morgan fingerprint density at radius 1 is 1.38 bits per heavy atom. The highest BCUT2D eigenvalue weighted by atomic mass is 16.3. The Balaban J connectivity index is 1.92. The zero-order chi connectivity index (χ0) is 9.31. The maximum Gasteiger partial charge on any atom is 0.0584 e. The van der Waals surface area contributed by atoms with E-state index in [0.29, 0.717) is 18.2 Å². The lowest BCUT2D eigenvalue weighted by Crippen LogP contribution is -2.51. The summed E-state index contributed by atoms with van der Waals surface area (Å²) in [7, 11) is 2.19. The van der Waals surface area contributed by atoms with Gasteiger partial charge in [0.15, 0.2) is 0 Å². The summed E-state index contributed by atoms with van der Waals surface area (Å²) in [5, 5.41) is 12.7. The van der Waals surface area contributed by atoms with E-state index in [-0.39, 0.29) is 0 Å². The molecule has 2 aliphatic rings. The van der Waals surface area contributed by atoms with Crippen molar-refractivity contribution in [2.24, 2.45) is 0 Å². The third-order valence-electron chi connectivity index (χ3n) is 3.65. The van der Waals surface area contributed by atoms with E-state index in [9.17, 15) is 0 Å². The molecular formula is C10H20N2O. The van der Waals surface area contributed by atoms with Crippen LogP contribution in [0.1, 0.15) is 25.7 Å². The van der Waals surface area contributed by atoms with Crippen molar-refractivity contribution in [1.29, 1.82) is 0 Å². The fourth-order valence-electron chi connectivity index (χ4n) is 2.61. The van der Waals surface area contributed by atoms with Gasteiger partial charge in [0.1, 0.15) is 0 Å². The molecule has 1 unspecified atom stereocenters. The summed E-state index contributed by atoms with van der Waals surface area (Å²) in [5.41, 5.74) is 0.375. The van der Waals surface area contributed by atoms with E-state index < -0.39 is 0 Å². The van der Waals surface area contributed by atoms with Gasteiger partial charge in [0.2, 0.25) is 0 Å². The fourth-order valence-corrected chi connectivity index (χ4v) is 2.61. The number of likely N-dealkylation sites (tertiary alicyclic amines) is 1. The highest BCUT2D eigenvalue weighted by molar-refractivity contribution is 5.00. The van der Waals surface area contributed by atoms with E-state index in [0.717, 1.165) is 6.42 Å². The van der Waals surface area contributed by atoms with Crippen molar-refractivity contribution in [2.45, 2.75) is 37.3 Å². The van der Waals surface area contributed by atoms with Gasteiger partial charge in [-0.15, -0.1) is 0 Å². The van der Waals surface area contributed by atoms with Gasteiger partial charge in [0, 0.05) is 11.6 Å². The molecule has 0 aliphatic carbocycles. The van der Waals surface area contributed by atoms with E-state index in [1.54, 1.807) is 0 Å². The summed E-state index contributed by atoms with van der Waals surface area (Å²) in [6, 6.07) is 0.364. The number of hydrogen-bond donors (Lipinski definition) is 2. The predicted octanol–water partition coefficient (Wildman–Crippen LogP) is 0.195. The van der Waals surface area contributed by atoms with Crippen molar-refractivity contribution >= 4 is 0 Å². The van der Waals surface area contributed by atoms with Crippen LogP contribution in [-0.2, 0) is 0 Å². The molecule has 76 valence electrons. The van der Waals surface area contributed by atoms with E-state index >= 15 is 0 Å². The highest BCUT2D eigenvalue weighted by Gasteiger charge is 2.39. The van der Waals surface area contributed by atoms with Crippen LogP contribution in [0.25, 0.3) is 0 Å². The second-order valence-corrected chi connectivity index (χ2v) is 4.65. The molecule has 0 radical (unpaired) electrons. The second-order valence-electron chi connectivity index (χ2n) is 4.65. The Morgan fingerprint density at radius 3 is 2.62 bits per heavy atom. The Hall–Kier alpha value is -0.120. The molecular weight excluding hydrogens is 164 g/mol. The smallest absolute Gasteiger partial charge is 0.0584 e. The molecule has 2 fully saturated rings. The zero-order valence-corrected chi connectivity index (χ0v) is 8.42. The van der Waals surface area contributed by atoms with E-state index in [2.05, 4.69) is 17.3 Å². The van der Waals surface area contributed by atoms with Gasteiger partial charge in [0.05, 0.1) is 6.61 Å². The average Bonchev–Trinajstić information content (AvgIpc) is 2.55. The quantitative estimate of drug-likeness (QED) is 0.611. The summed E-state index contributed by atoms with van der Waals surface area (Å²) in [5.74, 6) is 0. The van der Waals surface area contributed by atoms with E-state index in [1.165, 1.54) is 32.4 Å². The Morgan fingerprint density at radius 2 is 2.08 bits per heavy atom. The SMILES string of the molecule is CN1CCC2(CCC(CO)N2)CC1. The molecule has 1 atom stereocenters. The molecule has 0 amide bonds. The van der Waals surface area contributed by atoms with E-state index in [1.807, 2.05) is 0 Å². The summed E-state index contributed by atoms with van der Waals surface area (Å²) < 4.78 is 0. The lowest BCUT2D eigenvalue weighted by Gasteiger charge is -2.38. The molecule has 2 N–H and O–H groups in total. The Labute approximate surface area is 80.1 Å². The average molecular weight is 184 g/mol. The molecule has 2 heterocycles. The molecule has 0 aromatic heterocycles. The molecule has 0 saturated carbocycles. The molecule has 13 heavy (non-hydrogen) atoms. The third-order valence-corrected chi connectivity index (χ3v) is 3.65. The molecule has 2 saturated heterocycles. The maximum atomic E-state index is 9.06. The van der Waals surface area contributed by atoms with Crippen LogP contribution in [0.15, 0.2) is 0 Å². The third kappa shape index (κ3) is 1.87. The summed E-state index contributed by atoms with van der Waals surface area (Å²) in [6.07, 6.45) is 4.91. The number of nitrogens with zero attached hydrogens (tertiary/aromatic N) is 1. The van der Waals surface area contributed by atoms with Crippen LogP contribution in [0.4, 0.5) is 0 Å². The van der Waals surface area contributed by atoms with Crippen LogP contribution in [0.2, 0.25) is 0 Å². The number of rotatable bonds is 1. The predicted molar refractivity (Wildman–Crippen MR) is 52.7 cm³/mol. The van der Waals surface area contributed by atoms with Crippen molar-refractivity contribution in [3.8, 4) is 0 Å². The number of aliphatic hydroxyl groups excluding tert-OH is 1. The van der Waals surface area contributed by atoms with Gasteiger partial charge in [0.25, 0.3) is 0 Å². The van der Waals surface area contributed by atoms with Crippen LogP contribution in [0.3, 0.4) is 0 Å². The fraction of sp³-hybridized carbons (Fsp3) is 1.00. The van der Waals surface area contributed by atoms with Crippen molar-refractivity contribution < 1.29 is 5.11 Å².